The van der Waals surface area contributed by atoms with Crippen LogP contribution in [0, 0.1) is 0 Å². The maximum absolute atomic E-state index is 5.48. The highest BCUT2D eigenvalue weighted by molar-refractivity contribution is 7.99. The lowest BCUT2D eigenvalue weighted by atomic mass is 10.2. The van der Waals surface area contributed by atoms with E-state index >= 15 is 0 Å². The van der Waals surface area contributed by atoms with E-state index in [0.717, 1.165) is 28.0 Å². The Hall–Kier alpha value is -2.73. The van der Waals surface area contributed by atoms with Crippen molar-refractivity contribution < 1.29 is 9.47 Å². The van der Waals surface area contributed by atoms with E-state index in [1.807, 2.05) is 48.5 Å². The van der Waals surface area contributed by atoms with Crippen LogP contribution in [-0.2, 0) is 0 Å². The van der Waals surface area contributed by atoms with Crippen LogP contribution < -0.4 is 9.47 Å². The van der Waals surface area contributed by atoms with E-state index in [2.05, 4.69) is 34.7 Å². The number of hydrogen-bond donors (Lipinski definition) is 0. The van der Waals surface area contributed by atoms with Crippen LogP contribution in [0.3, 0.4) is 0 Å². The summed E-state index contributed by atoms with van der Waals surface area (Å²) < 4.78 is 12.9. The summed E-state index contributed by atoms with van der Waals surface area (Å²) in [5.41, 5.74) is 3.22. The Bertz CT molecular complexity index is 932. The molecule has 0 fully saturated rings. The van der Waals surface area contributed by atoms with Crippen molar-refractivity contribution >= 4 is 11.8 Å². The minimum atomic E-state index is 0.669. The van der Waals surface area contributed by atoms with Crippen molar-refractivity contribution in [3.05, 3.63) is 60.2 Å². The molecule has 0 aliphatic carbocycles. The predicted molar refractivity (Wildman–Crippen MR) is 110 cm³/mol. The first-order valence-corrected chi connectivity index (χ1v) is 9.62. The zero-order chi connectivity index (χ0) is 19.2. The molecule has 0 bridgehead atoms. The molecule has 0 N–H and O–H groups in total. The van der Waals surface area contributed by atoms with Crippen LogP contribution in [0.15, 0.2) is 65.3 Å². The monoisotopic (exact) mass is 381 g/mol. The van der Waals surface area contributed by atoms with E-state index in [1.165, 1.54) is 5.57 Å². The van der Waals surface area contributed by atoms with E-state index in [-0.39, 0.29) is 0 Å². The van der Waals surface area contributed by atoms with Crippen molar-refractivity contribution in [1.82, 2.24) is 14.8 Å². The van der Waals surface area contributed by atoms with E-state index in [0.29, 0.717) is 11.5 Å². The van der Waals surface area contributed by atoms with Crippen molar-refractivity contribution in [3.8, 4) is 28.6 Å². The molecule has 0 unspecified atom stereocenters. The number of thioether (sulfide) groups is 1. The van der Waals surface area contributed by atoms with Crippen molar-refractivity contribution in [2.24, 2.45) is 0 Å². The first-order chi connectivity index (χ1) is 13.1. The predicted octanol–water partition coefficient (Wildman–Crippen LogP) is 5.01. The van der Waals surface area contributed by atoms with Gasteiger partial charge in [0.25, 0.3) is 0 Å². The average molecular weight is 382 g/mol. The van der Waals surface area contributed by atoms with Crippen LogP contribution >= 0.6 is 11.8 Å². The third-order valence-corrected chi connectivity index (χ3v) is 4.85. The highest BCUT2D eigenvalue weighted by atomic mass is 32.2. The number of rotatable bonds is 7. The Morgan fingerprint density at radius 3 is 2.41 bits per heavy atom. The average Bonchev–Trinajstić information content (AvgIpc) is 3.11. The van der Waals surface area contributed by atoms with Crippen LogP contribution in [0.2, 0.25) is 0 Å². The fraction of sp³-hybridized carbons (Fsp3) is 0.238. The summed E-state index contributed by atoms with van der Waals surface area (Å²) in [6.07, 6.45) is 2.18. The number of allylic oxidation sites excluding steroid dienone is 1. The smallest absolute Gasteiger partial charge is 0.196 e. The van der Waals surface area contributed by atoms with Gasteiger partial charge >= 0.3 is 0 Å². The van der Waals surface area contributed by atoms with Crippen LogP contribution in [0.1, 0.15) is 13.8 Å². The molecule has 0 saturated carbocycles. The zero-order valence-corrected chi connectivity index (χ0v) is 16.8. The van der Waals surface area contributed by atoms with Crippen LogP contribution in [-0.4, -0.2) is 34.7 Å². The van der Waals surface area contributed by atoms with Crippen LogP contribution in [0.5, 0.6) is 11.5 Å². The van der Waals surface area contributed by atoms with Gasteiger partial charge in [0.05, 0.1) is 19.9 Å². The summed E-state index contributed by atoms with van der Waals surface area (Å²) in [6, 6.07) is 15.9. The normalized spacial score (nSPS) is 10.5. The lowest BCUT2D eigenvalue weighted by Gasteiger charge is -2.13. The number of ether oxygens (including phenoxy) is 2. The Kier molecular flexibility index (Phi) is 6.19. The quantitative estimate of drug-likeness (QED) is 0.425. The van der Waals surface area contributed by atoms with Gasteiger partial charge in [0, 0.05) is 17.4 Å². The van der Waals surface area contributed by atoms with E-state index in [4.69, 9.17) is 9.47 Å². The Morgan fingerprint density at radius 2 is 1.74 bits per heavy atom. The number of nitrogens with zero attached hydrogens (tertiary/aromatic N) is 3. The SMILES string of the molecule is COc1ccc(-n2c(SCC=C(C)C)nnc2-c2ccccc2)cc1OC. The summed E-state index contributed by atoms with van der Waals surface area (Å²) in [5, 5.41) is 9.73. The maximum Gasteiger partial charge on any atom is 0.196 e. The van der Waals surface area contributed by atoms with Gasteiger partial charge in [-0.05, 0) is 26.0 Å². The van der Waals surface area contributed by atoms with Crippen molar-refractivity contribution in [2.75, 3.05) is 20.0 Å². The Labute approximate surface area is 164 Å². The molecule has 3 rings (SSSR count). The molecule has 0 aliphatic rings. The summed E-state index contributed by atoms with van der Waals surface area (Å²) in [4.78, 5) is 0. The number of aromatic nitrogens is 3. The van der Waals surface area contributed by atoms with E-state index < -0.39 is 0 Å². The topological polar surface area (TPSA) is 49.2 Å². The minimum absolute atomic E-state index is 0.669. The molecule has 0 aliphatic heterocycles. The summed E-state index contributed by atoms with van der Waals surface area (Å²) >= 11 is 1.65. The van der Waals surface area contributed by atoms with Gasteiger partial charge in [0.2, 0.25) is 0 Å². The molecule has 5 nitrogen and oxygen atoms in total. The molecule has 0 amide bonds. The van der Waals surface area contributed by atoms with Gasteiger partial charge in [-0.1, -0.05) is 53.7 Å². The number of benzene rings is 2. The van der Waals surface area contributed by atoms with Gasteiger partial charge < -0.3 is 9.47 Å². The van der Waals surface area contributed by atoms with Crippen LogP contribution in [0.25, 0.3) is 17.1 Å². The van der Waals surface area contributed by atoms with E-state index in [9.17, 15) is 0 Å². The lowest BCUT2D eigenvalue weighted by molar-refractivity contribution is 0.355. The second-order valence-corrected chi connectivity index (χ2v) is 7.13. The fourth-order valence-corrected chi connectivity index (χ4v) is 3.60. The molecule has 27 heavy (non-hydrogen) atoms. The van der Waals surface area contributed by atoms with Gasteiger partial charge in [0.15, 0.2) is 22.5 Å². The Balaban J connectivity index is 2.10. The van der Waals surface area contributed by atoms with E-state index in [1.54, 1.807) is 26.0 Å². The molecule has 0 atom stereocenters. The third kappa shape index (κ3) is 4.34. The second-order valence-electron chi connectivity index (χ2n) is 6.14. The van der Waals surface area contributed by atoms with Gasteiger partial charge in [0.1, 0.15) is 0 Å². The lowest BCUT2D eigenvalue weighted by Crippen LogP contribution is -2.01. The summed E-state index contributed by atoms with van der Waals surface area (Å²) in [6.45, 7) is 4.18. The third-order valence-electron chi connectivity index (χ3n) is 3.99. The first kappa shape index (κ1) is 19.0. The van der Waals surface area contributed by atoms with Crippen LogP contribution in [0.4, 0.5) is 0 Å². The largest absolute Gasteiger partial charge is 0.493 e. The number of hydrogen-bond acceptors (Lipinski definition) is 5. The van der Waals surface area contributed by atoms with Gasteiger partial charge in [-0.15, -0.1) is 10.2 Å². The van der Waals surface area contributed by atoms with Gasteiger partial charge in [-0.3, -0.25) is 4.57 Å². The molecule has 0 radical (unpaired) electrons. The fourth-order valence-electron chi connectivity index (χ4n) is 2.62. The zero-order valence-electron chi connectivity index (χ0n) is 16.0. The molecule has 2 aromatic carbocycles. The molecule has 6 heteroatoms. The molecular formula is C21H23N3O2S. The second kappa shape index (κ2) is 8.77. The molecule has 0 spiro atoms. The molecule has 140 valence electrons. The van der Waals surface area contributed by atoms with Crippen molar-refractivity contribution in [3.63, 3.8) is 0 Å². The highest BCUT2D eigenvalue weighted by Crippen LogP contribution is 2.33. The molecular weight excluding hydrogens is 358 g/mol. The summed E-state index contributed by atoms with van der Waals surface area (Å²) in [5.74, 6) is 2.99. The summed E-state index contributed by atoms with van der Waals surface area (Å²) in [7, 11) is 3.27. The molecule has 0 saturated heterocycles. The minimum Gasteiger partial charge on any atom is -0.493 e. The molecule has 3 aromatic rings. The highest BCUT2D eigenvalue weighted by Gasteiger charge is 2.17. The first-order valence-electron chi connectivity index (χ1n) is 8.63. The van der Waals surface area contributed by atoms with Gasteiger partial charge in [-0.25, -0.2) is 0 Å². The molecule has 1 heterocycles. The maximum atomic E-state index is 5.48. The molecule has 1 aromatic heterocycles. The standard InChI is InChI=1S/C21H23N3O2S/c1-15(2)12-13-27-21-23-22-20(16-8-6-5-7-9-16)24(21)17-10-11-18(25-3)19(14-17)26-4/h5-12,14H,13H2,1-4H3. The van der Waals surface area contributed by atoms with Crippen molar-refractivity contribution in [2.45, 2.75) is 19.0 Å². The Morgan fingerprint density at radius 1 is 1.00 bits per heavy atom. The van der Waals surface area contributed by atoms with Crippen molar-refractivity contribution in [1.29, 1.82) is 0 Å². The van der Waals surface area contributed by atoms with Gasteiger partial charge in [-0.2, -0.15) is 0 Å². The number of methoxy groups -OCH3 is 2.